The quantitative estimate of drug-likeness (QED) is 0.719. The Morgan fingerprint density at radius 2 is 1.72 bits per heavy atom. The summed E-state index contributed by atoms with van der Waals surface area (Å²) in [4.78, 5) is 0. The molecule has 0 aromatic rings. The zero-order valence-corrected chi connectivity index (χ0v) is 12.4. The van der Waals surface area contributed by atoms with Crippen molar-refractivity contribution in [2.75, 3.05) is 19.6 Å². The van der Waals surface area contributed by atoms with Gasteiger partial charge in [0.25, 0.3) is 0 Å². The molecular formula is C15H30N2O. The number of hydrogen-bond acceptors (Lipinski definition) is 3. The Morgan fingerprint density at radius 3 is 2.22 bits per heavy atom. The van der Waals surface area contributed by atoms with Gasteiger partial charge in [0.2, 0.25) is 0 Å². The largest absolute Gasteiger partial charge is 0.391 e. The third kappa shape index (κ3) is 3.69. The van der Waals surface area contributed by atoms with Gasteiger partial charge in [-0.05, 0) is 30.1 Å². The van der Waals surface area contributed by atoms with Crippen LogP contribution in [-0.4, -0.2) is 36.9 Å². The number of hydrogen-bond donors (Lipinski definition) is 3. The molecule has 2 rings (SSSR count). The van der Waals surface area contributed by atoms with Gasteiger partial charge >= 0.3 is 0 Å². The molecule has 2 aliphatic rings. The first-order valence-electron chi connectivity index (χ1n) is 7.40. The molecule has 0 spiro atoms. The standard InChI is InChI=1S/C15H30N2O/c1-14(2)5-12(6-15(3,4)10-14)17-8-11-7-16-9-13(11)18/h11-13,16-18H,5-10H2,1-4H3. The molecular weight excluding hydrogens is 224 g/mol. The summed E-state index contributed by atoms with van der Waals surface area (Å²) in [7, 11) is 0. The van der Waals surface area contributed by atoms with Crippen molar-refractivity contribution in [3.63, 3.8) is 0 Å². The highest BCUT2D eigenvalue weighted by molar-refractivity contribution is 4.93. The summed E-state index contributed by atoms with van der Waals surface area (Å²) in [6.45, 7) is 12.2. The molecule has 1 saturated heterocycles. The fraction of sp³-hybridized carbons (Fsp3) is 1.00. The highest BCUT2D eigenvalue weighted by Gasteiger charge is 2.38. The van der Waals surface area contributed by atoms with E-state index in [4.69, 9.17) is 0 Å². The Kier molecular flexibility index (Phi) is 4.05. The van der Waals surface area contributed by atoms with Crippen molar-refractivity contribution in [3.8, 4) is 0 Å². The summed E-state index contributed by atoms with van der Waals surface area (Å²) in [5.41, 5.74) is 0.873. The summed E-state index contributed by atoms with van der Waals surface area (Å²) < 4.78 is 0. The molecule has 18 heavy (non-hydrogen) atoms. The van der Waals surface area contributed by atoms with Crippen molar-refractivity contribution in [1.29, 1.82) is 0 Å². The average Bonchev–Trinajstić information content (AvgIpc) is 2.56. The molecule has 2 fully saturated rings. The molecule has 106 valence electrons. The van der Waals surface area contributed by atoms with Gasteiger partial charge in [0.15, 0.2) is 0 Å². The minimum Gasteiger partial charge on any atom is -0.391 e. The average molecular weight is 254 g/mol. The Bertz CT molecular complexity index is 272. The van der Waals surface area contributed by atoms with Gasteiger partial charge in [-0.25, -0.2) is 0 Å². The molecule has 0 bridgehead atoms. The lowest BCUT2D eigenvalue weighted by molar-refractivity contribution is 0.0785. The van der Waals surface area contributed by atoms with E-state index in [1.165, 1.54) is 19.3 Å². The van der Waals surface area contributed by atoms with Crippen LogP contribution in [0.4, 0.5) is 0 Å². The molecule has 0 radical (unpaired) electrons. The van der Waals surface area contributed by atoms with Crippen molar-refractivity contribution in [2.45, 2.75) is 59.1 Å². The van der Waals surface area contributed by atoms with Crippen LogP contribution in [0.1, 0.15) is 47.0 Å². The second kappa shape index (κ2) is 5.10. The van der Waals surface area contributed by atoms with Crippen LogP contribution in [0.25, 0.3) is 0 Å². The van der Waals surface area contributed by atoms with E-state index in [0.717, 1.165) is 19.6 Å². The number of aliphatic hydroxyl groups is 1. The molecule has 0 aromatic heterocycles. The van der Waals surface area contributed by atoms with E-state index in [9.17, 15) is 5.11 Å². The van der Waals surface area contributed by atoms with Gasteiger partial charge in [0, 0.05) is 31.6 Å². The van der Waals surface area contributed by atoms with Crippen molar-refractivity contribution < 1.29 is 5.11 Å². The number of nitrogens with one attached hydrogen (secondary N) is 2. The van der Waals surface area contributed by atoms with Crippen LogP contribution >= 0.6 is 0 Å². The Labute approximate surface area is 112 Å². The fourth-order valence-corrected chi connectivity index (χ4v) is 4.24. The highest BCUT2D eigenvalue weighted by Crippen LogP contribution is 2.45. The molecule has 1 saturated carbocycles. The molecule has 1 heterocycles. The van der Waals surface area contributed by atoms with E-state index in [0.29, 0.717) is 22.8 Å². The lowest BCUT2D eigenvalue weighted by atomic mass is 9.63. The van der Waals surface area contributed by atoms with E-state index < -0.39 is 0 Å². The molecule has 3 heteroatoms. The first kappa shape index (κ1) is 14.3. The maximum Gasteiger partial charge on any atom is 0.0716 e. The van der Waals surface area contributed by atoms with Gasteiger partial charge in [-0.15, -0.1) is 0 Å². The summed E-state index contributed by atoms with van der Waals surface area (Å²) in [6.07, 6.45) is 3.66. The van der Waals surface area contributed by atoms with Crippen LogP contribution in [0.5, 0.6) is 0 Å². The van der Waals surface area contributed by atoms with Crippen molar-refractivity contribution in [3.05, 3.63) is 0 Å². The predicted octanol–water partition coefficient (Wildman–Crippen LogP) is 1.76. The molecule has 1 aliphatic heterocycles. The van der Waals surface area contributed by atoms with Crippen LogP contribution in [0.15, 0.2) is 0 Å². The van der Waals surface area contributed by atoms with Gasteiger partial charge in [-0.1, -0.05) is 27.7 Å². The van der Waals surface area contributed by atoms with Crippen LogP contribution in [0.3, 0.4) is 0 Å². The van der Waals surface area contributed by atoms with E-state index in [-0.39, 0.29) is 6.10 Å². The number of rotatable bonds is 3. The maximum atomic E-state index is 9.82. The Balaban J connectivity index is 1.85. The smallest absolute Gasteiger partial charge is 0.0716 e. The van der Waals surface area contributed by atoms with Crippen molar-refractivity contribution >= 4 is 0 Å². The summed E-state index contributed by atoms with van der Waals surface area (Å²) in [6, 6.07) is 0.608. The summed E-state index contributed by atoms with van der Waals surface area (Å²) in [5.74, 6) is 0.387. The monoisotopic (exact) mass is 254 g/mol. The lowest BCUT2D eigenvalue weighted by Crippen LogP contribution is -2.46. The van der Waals surface area contributed by atoms with Gasteiger partial charge in [-0.2, -0.15) is 0 Å². The zero-order valence-electron chi connectivity index (χ0n) is 12.4. The molecule has 2 unspecified atom stereocenters. The zero-order chi connectivity index (χ0) is 13.4. The number of β-amino-alcohol motifs (C(OH)–C–C–N with tert-alkyl or cyclic N) is 1. The highest BCUT2D eigenvalue weighted by atomic mass is 16.3. The summed E-state index contributed by atoms with van der Waals surface area (Å²) in [5, 5.41) is 16.8. The topological polar surface area (TPSA) is 44.3 Å². The number of aliphatic hydroxyl groups excluding tert-OH is 1. The van der Waals surface area contributed by atoms with Crippen LogP contribution in [0.2, 0.25) is 0 Å². The van der Waals surface area contributed by atoms with Crippen LogP contribution in [0, 0.1) is 16.7 Å². The fourth-order valence-electron chi connectivity index (χ4n) is 4.24. The van der Waals surface area contributed by atoms with Gasteiger partial charge in [-0.3, -0.25) is 0 Å². The minimum atomic E-state index is -0.165. The maximum absolute atomic E-state index is 9.82. The Morgan fingerprint density at radius 1 is 1.11 bits per heavy atom. The molecule has 0 aromatic carbocycles. The van der Waals surface area contributed by atoms with Crippen molar-refractivity contribution in [2.24, 2.45) is 16.7 Å². The van der Waals surface area contributed by atoms with Crippen LogP contribution < -0.4 is 10.6 Å². The minimum absolute atomic E-state index is 0.165. The molecule has 3 nitrogen and oxygen atoms in total. The second-order valence-corrected chi connectivity index (χ2v) is 8.00. The van der Waals surface area contributed by atoms with E-state index >= 15 is 0 Å². The Hall–Kier alpha value is -0.120. The van der Waals surface area contributed by atoms with E-state index in [1.54, 1.807) is 0 Å². The summed E-state index contributed by atoms with van der Waals surface area (Å²) >= 11 is 0. The molecule has 0 amide bonds. The van der Waals surface area contributed by atoms with Gasteiger partial charge < -0.3 is 15.7 Å². The molecule has 3 N–H and O–H groups in total. The SMILES string of the molecule is CC1(C)CC(NCC2CNCC2O)CC(C)(C)C1. The lowest BCUT2D eigenvalue weighted by Gasteiger charge is -2.45. The predicted molar refractivity (Wildman–Crippen MR) is 75.6 cm³/mol. The first-order chi connectivity index (χ1) is 8.27. The van der Waals surface area contributed by atoms with Gasteiger partial charge in [0.05, 0.1) is 6.10 Å². The third-order valence-electron chi connectivity index (χ3n) is 4.53. The first-order valence-corrected chi connectivity index (χ1v) is 7.40. The van der Waals surface area contributed by atoms with Crippen molar-refractivity contribution in [1.82, 2.24) is 10.6 Å². The second-order valence-electron chi connectivity index (χ2n) is 8.00. The van der Waals surface area contributed by atoms with E-state index in [1.807, 2.05) is 0 Å². The van der Waals surface area contributed by atoms with E-state index in [2.05, 4.69) is 38.3 Å². The van der Waals surface area contributed by atoms with Gasteiger partial charge in [0.1, 0.15) is 0 Å². The van der Waals surface area contributed by atoms with Crippen LogP contribution in [-0.2, 0) is 0 Å². The normalized spacial score (nSPS) is 35.8. The molecule has 1 aliphatic carbocycles. The molecule has 2 atom stereocenters. The third-order valence-corrected chi connectivity index (χ3v) is 4.53.